The van der Waals surface area contributed by atoms with Gasteiger partial charge >= 0.3 is 6.03 Å². The number of amides is 5. The highest BCUT2D eigenvalue weighted by atomic mass is 32.2. The molecule has 4 rings (SSSR count). The average molecular weight is 638 g/mol. The highest BCUT2D eigenvalue weighted by molar-refractivity contribution is 7.90. The van der Waals surface area contributed by atoms with E-state index in [0.29, 0.717) is 44.6 Å². The Hall–Kier alpha value is -2.70. The summed E-state index contributed by atoms with van der Waals surface area (Å²) in [6.45, 7) is 5.77. The Balaban J connectivity index is 1.44. The summed E-state index contributed by atoms with van der Waals surface area (Å²) in [5.41, 5.74) is -1.62. The standard InChI is InChI=1S/C31H51N5O7S/c1-30(2,3)25(34-29(41)35-31(19-44(4,42)43)16-6-5-7-17-31)28(40)36-18-8-9-23(36)26(38)33-22(15-12-20-10-11-20)24(37)27(39)32-21-13-14-21/h20-23,25H,5-19H2,1-4H3,(H,32,39)(H,33,38)(H2,34,35,41)/t22-,23-,25+/m0/s1. The molecule has 0 aromatic rings. The topological polar surface area (TPSA) is 171 Å². The molecule has 3 atom stereocenters. The van der Waals surface area contributed by atoms with Gasteiger partial charge in [-0.15, -0.1) is 0 Å². The molecule has 3 aliphatic carbocycles. The van der Waals surface area contributed by atoms with Crippen LogP contribution in [0.15, 0.2) is 0 Å². The number of nitrogens with zero attached hydrogens (tertiary/aromatic N) is 1. The molecule has 248 valence electrons. The molecule has 0 radical (unpaired) electrons. The summed E-state index contributed by atoms with van der Waals surface area (Å²) >= 11 is 0. The van der Waals surface area contributed by atoms with Crippen LogP contribution in [0.5, 0.6) is 0 Å². The summed E-state index contributed by atoms with van der Waals surface area (Å²) in [5, 5.41) is 11.2. The summed E-state index contributed by atoms with van der Waals surface area (Å²) in [6, 6.07) is -3.38. The van der Waals surface area contributed by atoms with Crippen molar-refractivity contribution < 1.29 is 32.4 Å². The molecular formula is C31H51N5O7S. The molecule has 0 spiro atoms. The van der Waals surface area contributed by atoms with Crippen LogP contribution in [0.3, 0.4) is 0 Å². The minimum Gasteiger partial charge on any atom is -0.347 e. The molecule has 0 aromatic carbocycles. The second-order valence-corrected chi connectivity index (χ2v) is 16.8. The van der Waals surface area contributed by atoms with E-state index in [4.69, 9.17) is 0 Å². The molecule has 0 bridgehead atoms. The lowest BCUT2D eigenvalue weighted by Gasteiger charge is -2.39. The number of carbonyl (C=O) groups is 5. The zero-order valence-corrected chi connectivity index (χ0v) is 27.5. The van der Waals surface area contributed by atoms with E-state index >= 15 is 0 Å². The van der Waals surface area contributed by atoms with Gasteiger partial charge in [-0.3, -0.25) is 19.2 Å². The number of likely N-dealkylation sites (tertiary alicyclic amines) is 1. The lowest BCUT2D eigenvalue weighted by atomic mass is 9.83. The lowest BCUT2D eigenvalue weighted by molar-refractivity contribution is -0.143. The van der Waals surface area contributed by atoms with Crippen LogP contribution < -0.4 is 21.3 Å². The minimum absolute atomic E-state index is 0.0209. The van der Waals surface area contributed by atoms with Crippen LogP contribution in [0.2, 0.25) is 0 Å². The Kier molecular flexibility index (Phi) is 10.7. The van der Waals surface area contributed by atoms with E-state index in [2.05, 4.69) is 21.3 Å². The minimum atomic E-state index is -3.37. The normalized spacial score (nSPS) is 23.3. The van der Waals surface area contributed by atoms with Gasteiger partial charge in [-0.05, 0) is 62.7 Å². The van der Waals surface area contributed by atoms with Crippen LogP contribution in [-0.2, 0) is 29.0 Å². The molecule has 0 aromatic heterocycles. The molecule has 13 heteroatoms. The van der Waals surface area contributed by atoms with Crippen LogP contribution >= 0.6 is 0 Å². The number of hydrogen-bond donors (Lipinski definition) is 4. The summed E-state index contributed by atoms with van der Waals surface area (Å²) < 4.78 is 24.4. The van der Waals surface area contributed by atoms with Gasteiger partial charge in [0, 0.05) is 18.8 Å². The fourth-order valence-corrected chi connectivity index (χ4v) is 7.91. The van der Waals surface area contributed by atoms with Crippen molar-refractivity contribution in [2.45, 2.75) is 134 Å². The summed E-state index contributed by atoms with van der Waals surface area (Å²) in [7, 11) is -3.37. The van der Waals surface area contributed by atoms with Gasteiger partial charge in [0.1, 0.15) is 21.9 Å². The number of hydrogen-bond acceptors (Lipinski definition) is 7. The number of sulfone groups is 1. The van der Waals surface area contributed by atoms with Gasteiger partial charge in [0.05, 0.1) is 17.3 Å². The van der Waals surface area contributed by atoms with Crippen LogP contribution in [0.25, 0.3) is 0 Å². The fourth-order valence-electron chi connectivity index (χ4n) is 6.55. The van der Waals surface area contributed by atoms with Crippen LogP contribution in [-0.4, -0.2) is 91.1 Å². The van der Waals surface area contributed by atoms with E-state index in [1.54, 1.807) is 0 Å². The van der Waals surface area contributed by atoms with E-state index in [1.807, 2.05) is 20.8 Å². The first-order chi connectivity index (χ1) is 20.6. The van der Waals surface area contributed by atoms with Gasteiger partial charge in [0.25, 0.3) is 5.91 Å². The largest absolute Gasteiger partial charge is 0.347 e. The number of carbonyl (C=O) groups excluding carboxylic acids is 5. The first-order valence-corrected chi connectivity index (χ1v) is 18.3. The van der Waals surface area contributed by atoms with E-state index in [-0.39, 0.29) is 11.8 Å². The van der Waals surface area contributed by atoms with Crippen molar-refractivity contribution in [1.29, 1.82) is 0 Å². The maximum absolute atomic E-state index is 14.0. The molecule has 4 N–H and O–H groups in total. The Bertz CT molecular complexity index is 1220. The quantitative estimate of drug-likeness (QED) is 0.224. The maximum Gasteiger partial charge on any atom is 0.315 e. The second kappa shape index (κ2) is 13.7. The molecule has 4 fully saturated rings. The van der Waals surface area contributed by atoms with Crippen LogP contribution in [0, 0.1) is 11.3 Å². The molecular weight excluding hydrogens is 586 g/mol. The van der Waals surface area contributed by atoms with Crippen molar-refractivity contribution in [3.05, 3.63) is 0 Å². The number of nitrogens with one attached hydrogen (secondary N) is 4. The number of urea groups is 1. The van der Waals surface area contributed by atoms with Crippen LogP contribution in [0.4, 0.5) is 4.79 Å². The molecule has 4 aliphatic rings. The molecule has 1 saturated heterocycles. The number of ketones is 1. The average Bonchev–Trinajstić information content (AvgIpc) is 3.86. The smallest absolute Gasteiger partial charge is 0.315 e. The Labute approximate surface area is 261 Å². The number of rotatable bonds is 13. The summed E-state index contributed by atoms with van der Waals surface area (Å²) in [4.78, 5) is 68.0. The third-order valence-corrected chi connectivity index (χ3v) is 10.4. The number of Topliss-reactive ketones (excluding diaryl/α,β-unsaturated/α-hetero) is 1. The fraction of sp³-hybridized carbons (Fsp3) is 0.839. The van der Waals surface area contributed by atoms with E-state index < -0.39 is 68.5 Å². The maximum atomic E-state index is 14.0. The molecule has 5 amide bonds. The van der Waals surface area contributed by atoms with Gasteiger partial charge in [0.2, 0.25) is 17.6 Å². The van der Waals surface area contributed by atoms with Crippen molar-refractivity contribution in [1.82, 2.24) is 26.2 Å². The zero-order valence-electron chi connectivity index (χ0n) is 26.7. The van der Waals surface area contributed by atoms with Gasteiger partial charge in [-0.1, -0.05) is 52.9 Å². The predicted molar refractivity (Wildman–Crippen MR) is 165 cm³/mol. The Morgan fingerprint density at radius 3 is 2.14 bits per heavy atom. The first kappa shape index (κ1) is 34.2. The molecule has 44 heavy (non-hydrogen) atoms. The molecule has 0 unspecified atom stereocenters. The van der Waals surface area contributed by atoms with Gasteiger partial charge in [-0.25, -0.2) is 13.2 Å². The summed E-state index contributed by atoms with van der Waals surface area (Å²) in [5.74, 6) is -1.89. The lowest BCUT2D eigenvalue weighted by Crippen LogP contribution is -2.63. The monoisotopic (exact) mass is 637 g/mol. The summed E-state index contributed by atoms with van der Waals surface area (Å²) in [6.07, 6.45) is 10.7. The zero-order chi connectivity index (χ0) is 32.3. The highest BCUT2D eigenvalue weighted by Gasteiger charge is 2.44. The van der Waals surface area contributed by atoms with E-state index in [0.717, 1.165) is 57.6 Å². The second-order valence-electron chi connectivity index (χ2n) is 14.7. The third kappa shape index (κ3) is 9.65. The SMILES string of the molecule is CC(C)(C)[C@H](NC(=O)NC1(CS(C)(=O)=O)CCCCC1)C(=O)N1CCC[C@H]1C(=O)N[C@@H](CCC1CC1)C(=O)C(=O)NC1CC1. The van der Waals surface area contributed by atoms with Gasteiger partial charge in [-0.2, -0.15) is 0 Å². The van der Waals surface area contributed by atoms with Crippen molar-refractivity contribution in [3.63, 3.8) is 0 Å². The van der Waals surface area contributed by atoms with Crippen molar-refractivity contribution in [3.8, 4) is 0 Å². The van der Waals surface area contributed by atoms with Gasteiger partial charge in [0.15, 0.2) is 0 Å². The Morgan fingerprint density at radius 2 is 1.57 bits per heavy atom. The highest BCUT2D eigenvalue weighted by Crippen LogP contribution is 2.34. The third-order valence-electron chi connectivity index (χ3n) is 9.28. The molecule has 3 saturated carbocycles. The first-order valence-electron chi connectivity index (χ1n) is 16.3. The van der Waals surface area contributed by atoms with Crippen molar-refractivity contribution >= 4 is 39.4 Å². The molecule has 12 nitrogen and oxygen atoms in total. The van der Waals surface area contributed by atoms with Crippen molar-refractivity contribution in [2.24, 2.45) is 11.3 Å². The van der Waals surface area contributed by atoms with E-state index in [1.165, 1.54) is 4.90 Å². The molecule has 1 heterocycles. The molecule has 1 aliphatic heterocycles. The van der Waals surface area contributed by atoms with E-state index in [9.17, 15) is 32.4 Å². The Morgan fingerprint density at radius 1 is 0.909 bits per heavy atom. The predicted octanol–water partition coefficient (Wildman–Crippen LogP) is 1.96. The van der Waals surface area contributed by atoms with Crippen LogP contribution in [0.1, 0.15) is 104 Å². The van der Waals surface area contributed by atoms with Crippen molar-refractivity contribution in [2.75, 3.05) is 18.6 Å². The van der Waals surface area contributed by atoms with Gasteiger partial charge < -0.3 is 26.2 Å².